The van der Waals surface area contributed by atoms with Crippen LogP contribution < -0.4 is 10.7 Å². The lowest BCUT2D eigenvalue weighted by atomic mass is 10.2. The Morgan fingerprint density at radius 3 is 2.52 bits per heavy atom. The number of halogens is 2. The van der Waals surface area contributed by atoms with E-state index >= 15 is 0 Å². The van der Waals surface area contributed by atoms with E-state index in [4.69, 9.17) is 11.6 Å². The predicted molar refractivity (Wildman–Crippen MR) is 91.6 cm³/mol. The fourth-order valence-electron chi connectivity index (χ4n) is 1.56. The average molecular weight is 397 g/mol. The quantitative estimate of drug-likeness (QED) is 0.423. The molecule has 6 nitrogen and oxygen atoms in total. The number of anilines is 1. The molecule has 0 spiro atoms. The molecule has 0 saturated heterocycles. The van der Waals surface area contributed by atoms with Crippen LogP contribution >= 0.6 is 27.5 Å². The summed E-state index contributed by atoms with van der Waals surface area (Å²) in [7, 11) is 0. The van der Waals surface area contributed by atoms with Crippen molar-refractivity contribution in [1.29, 1.82) is 0 Å². The van der Waals surface area contributed by atoms with Crippen LogP contribution in [0.5, 0.6) is 5.75 Å². The molecular weight excluding hydrogens is 386 g/mol. The topological polar surface area (TPSA) is 90.8 Å². The number of hydrogen-bond acceptors (Lipinski definition) is 4. The number of phenolic OH excluding ortho intramolecular Hbond substituents is 1. The zero-order valence-electron chi connectivity index (χ0n) is 11.6. The highest BCUT2D eigenvalue weighted by Crippen LogP contribution is 2.19. The smallest absolute Gasteiger partial charge is 0.329 e. The monoisotopic (exact) mass is 395 g/mol. The van der Waals surface area contributed by atoms with Crippen molar-refractivity contribution < 1.29 is 14.7 Å². The van der Waals surface area contributed by atoms with Crippen LogP contribution in [0.15, 0.2) is 52.0 Å². The van der Waals surface area contributed by atoms with Crippen molar-refractivity contribution in [3.8, 4) is 5.75 Å². The van der Waals surface area contributed by atoms with Crippen LogP contribution in [0.4, 0.5) is 5.69 Å². The molecule has 0 fully saturated rings. The third-order valence-corrected chi connectivity index (χ3v) is 3.43. The number of amides is 2. The maximum absolute atomic E-state index is 11.7. The van der Waals surface area contributed by atoms with Gasteiger partial charge < -0.3 is 10.4 Å². The van der Waals surface area contributed by atoms with Gasteiger partial charge in [-0.1, -0.05) is 27.5 Å². The molecule has 0 aliphatic rings. The molecule has 0 bridgehead atoms. The molecule has 0 aromatic heterocycles. The first-order valence-electron chi connectivity index (χ1n) is 6.34. The first kappa shape index (κ1) is 17.0. The summed E-state index contributed by atoms with van der Waals surface area (Å²) in [4.78, 5) is 23.3. The number of phenols is 1. The number of hydrogen-bond donors (Lipinski definition) is 3. The summed E-state index contributed by atoms with van der Waals surface area (Å²) in [6, 6.07) is 11.1. The molecule has 2 rings (SSSR count). The van der Waals surface area contributed by atoms with Gasteiger partial charge in [0.2, 0.25) is 0 Å². The second kappa shape index (κ2) is 7.75. The summed E-state index contributed by atoms with van der Waals surface area (Å²) in [6.45, 7) is 0. The number of nitrogens with one attached hydrogen (secondary N) is 2. The Morgan fingerprint density at radius 1 is 1.13 bits per heavy atom. The van der Waals surface area contributed by atoms with Gasteiger partial charge >= 0.3 is 11.8 Å². The minimum atomic E-state index is -0.939. The zero-order chi connectivity index (χ0) is 16.8. The molecule has 0 radical (unpaired) electrons. The minimum absolute atomic E-state index is 0.0493. The Morgan fingerprint density at radius 2 is 1.83 bits per heavy atom. The van der Waals surface area contributed by atoms with Crippen molar-refractivity contribution >= 4 is 51.2 Å². The van der Waals surface area contributed by atoms with Gasteiger partial charge in [0.05, 0.1) is 6.21 Å². The van der Waals surface area contributed by atoms with Crippen molar-refractivity contribution in [2.75, 3.05) is 5.32 Å². The molecule has 3 N–H and O–H groups in total. The zero-order valence-corrected chi connectivity index (χ0v) is 13.9. The Hall–Kier alpha value is -2.38. The van der Waals surface area contributed by atoms with E-state index < -0.39 is 11.8 Å². The molecule has 0 saturated carbocycles. The second-order valence-electron chi connectivity index (χ2n) is 4.36. The van der Waals surface area contributed by atoms with Gasteiger partial charge in [-0.05, 0) is 42.5 Å². The molecule has 118 valence electrons. The van der Waals surface area contributed by atoms with Gasteiger partial charge in [0.25, 0.3) is 0 Å². The largest absolute Gasteiger partial charge is 0.507 e. The highest BCUT2D eigenvalue weighted by molar-refractivity contribution is 9.10. The maximum Gasteiger partial charge on any atom is 0.329 e. The SMILES string of the molecule is O=C(N/N=C\c1cc(Cl)ccc1O)C(=O)Nc1ccc(Br)cc1. The Kier molecular flexibility index (Phi) is 5.72. The molecule has 8 heteroatoms. The van der Waals surface area contributed by atoms with E-state index in [-0.39, 0.29) is 5.75 Å². The van der Waals surface area contributed by atoms with Gasteiger partial charge in [0, 0.05) is 20.7 Å². The molecular formula is C15H11BrClN3O3. The second-order valence-corrected chi connectivity index (χ2v) is 5.72. The molecule has 23 heavy (non-hydrogen) atoms. The number of benzene rings is 2. The molecule has 0 aliphatic carbocycles. The van der Waals surface area contributed by atoms with Crippen LogP contribution in [0, 0.1) is 0 Å². The first-order chi connectivity index (χ1) is 11.0. The lowest BCUT2D eigenvalue weighted by Gasteiger charge is -2.04. The summed E-state index contributed by atoms with van der Waals surface area (Å²) in [6.07, 6.45) is 1.19. The number of carbonyl (C=O) groups excluding carboxylic acids is 2. The van der Waals surface area contributed by atoms with E-state index in [0.29, 0.717) is 16.3 Å². The van der Waals surface area contributed by atoms with Gasteiger partial charge in [-0.2, -0.15) is 5.10 Å². The van der Waals surface area contributed by atoms with E-state index in [1.54, 1.807) is 24.3 Å². The molecule has 2 amide bonds. The third-order valence-electron chi connectivity index (χ3n) is 2.67. The lowest BCUT2D eigenvalue weighted by molar-refractivity contribution is -0.136. The maximum atomic E-state index is 11.7. The lowest BCUT2D eigenvalue weighted by Crippen LogP contribution is -2.32. The van der Waals surface area contributed by atoms with Crippen LogP contribution in [0.1, 0.15) is 5.56 Å². The van der Waals surface area contributed by atoms with Gasteiger partial charge in [-0.3, -0.25) is 9.59 Å². The molecule has 2 aromatic carbocycles. The van der Waals surface area contributed by atoms with Crippen molar-refractivity contribution in [3.05, 3.63) is 57.5 Å². The molecule has 0 atom stereocenters. The predicted octanol–water partition coefficient (Wildman–Crippen LogP) is 2.90. The highest BCUT2D eigenvalue weighted by Gasteiger charge is 2.12. The minimum Gasteiger partial charge on any atom is -0.507 e. The summed E-state index contributed by atoms with van der Waals surface area (Å²) < 4.78 is 0.853. The Balaban J connectivity index is 1.93. The fraction of sp³-hybridized carbons (Fsp3) is 0. The van der Waals surface area contributed by atoms with Gasteiger partial charge in [-0.25, -0.2) is 5.43 Å². The van der Waals surface area contributed by atoms with Crippen molar-refractivity contribution in [3.63, 3.8) is 0 Å². The molecule has 0 unspecified atom stereocenters. The number of rotatable bonds is 3. The summed E-state index contributed by atoms with van der Waals surface area (Å²) in [5.41, 5.74) is 2.85. The average Bonchev–Trinajstić information content (AvgIpc) is 2.52. The van der Waals surface area contributed by atoms with Crippen molar-refractivity contribution in [2.24, 2.45) is 5.10 Å². The van der Waals surface area contributed by atoms with E-state index in [1.165, 1.54) is 24.4 Å². The van der Waals surface area contributed by atoms with Crippen molar-refractivity contribution in [1.82, 2.24) is 5.43 Å². The van der Waals surface area contributed by atoms with Crippen LogP contribution in [0.25, 0.3) is 0 Å². The van der Waals surface area contributed by atoms with Gasteiger partial charge in [-0.15, -0.1) is 0 Å². The molecule has 0 aliphatic heterocycles. The number of carbonyl (C=O) groups is 2. The van der Waals surface area contributed by atoms with Crippen LogP contribution in [0.2, 0.25) is 5.02 Å². The summed E-state index contributed by atoms with van der Waals surface area (Å²) in [5, 5.41) is 16.0. The molecule has 0 heterocycles. The third kappa shape index (κ3) is 5.08. The standard InChI is InChI=1S/C15H11BrClN3O3/c16-10-1-4-12(5-2-10)19-14(22)15(23)20-18-8-9-7-11(17)3-6-13(9)21/h1-8,21H,(H,19,22)(H,20,23)/b18-8-. The van der Waals surface area contributed by atoms with Gasteiger partial charge in [0.15, 0.2) is 0 Å². The number of aromatic hydroxyl groups is 1. The van der Waals surface area contributed by atoms with Crippen molar-refractivity contribution in [2.45, 2.75) is 0 Å². The number of hydrazone groups is 1. The van der Waals surface area contributed by atoms with E-state index in [0.717, 1.165) is 4.47 Å². The normalized spacial score (nSPS) is 10.5. The first-order valence-corrected chi connectivity index (χ1v) is 7.51. The fourth-order valence-corrected chi connectivity index (χ4v) is 2.01. The van der Waals surface area contributed by atoms with Crippen LogP contribution in [-0.2, 0) is 9.59 Å². The van der Waals surface area contributed by atoms with Crippen LogP contribution in [-0.4, -0.2) is 23.1 Å². The highest BCUT2D eigenvalue weighted by atomic mass is 79.9. The van der Waals surface area contributed by atoms with E-state index in [2.05, 4.69) is 31.8 Å². The van der Waals surface area contributed by atoms with Crippen LogP contribution in [0.3, 0.4) is 0 Å². The molecule has 2 aromatic rings. The summed E-state index contributed by atoms with van der Waals surface area (Å²) >= 11 is 9.05. The Bertz CT molecular complexity index is 763. The van der Waals surface area contributed by atoms with E-state index in [9.17, 15) is 14.7 Å². The number of nitrogens with zero attached hydrogens (tertiary/aromatic N) is 1. The Labute approximate surface area is 145 Å². The van der Waals surface area contributed by atoms with Gasteiger partial charge in [0.1, 0.15) is 5.75 Å². The summed E-state index contributed by atoms with van der Waals surface area (Å²) in [5.74, 6) is -1.85. The van der Waals surface area contributed by atoms with E-state index in [1.807, 2.05) is 0 Å².